The van der Waals surface area contributed by atoms with Gasteiger partial charge in [0.2, 0.25) is 0 Å². The number of pyridine rings is 1. The maximum absolute atomic E-state index is 13.1. The largest absolute Gasteiger partial charge is 0.507 e. The number of rotatable bonds is 8. The summed E-state index contributed by atoms with van der Waals surface area (Å²) >= 11 is 0. The molecule has 0 spiro atoms. The zero-order valence-corrected chi connectivity index (χ0v) is 39.6. The van der Waals surface area contributed by atoms with Gasteiger partial charge in [-0.2, -0.15) is 0 Å². The molecule has 0 aliphatic rings. The van der Waals surface area contributed by atoms with Crippen LogP contribution in [0.4, 0.5) is 0 Å². The summed E-state index contributed by atoms with van der Waals surface area (Å²) in [6.07, 6.45) is 1.36. The minimum absolute atomic E-state index is 0. The molecule has 0 aliphatic carbocycles. The van der Waals surface area contributed by atoms with Crippen molar-refractivity contribution in [2.24, 2.45) is 0 Å². The van der Waals surface area contributed by atoms with Gasteiger partial charge in [-0.25, -0.2) is 4.98 Å². The number of nitrogens with zero attached hydrogens (tertiary/aromatic N) is 3. The van der Waals surface area contributed by atoms with Crippen LogP contribution in [-0.2, 0) is 37.3 Å². The first-order valence-corrected chi connectivity index (χ1v) is 20.8. The molecule has 0 atom stereocenters. The van der Waals surface area contributed by atoms with Gasteiger partial charge in [0.05, 0.1) is 29.1 Å². The number of aryl methyl sites for hydroxylation is 1. The maximum Gasteiger partial charge on any atom is 0.148 e. The first-order chi connectivity index (χ1) is 42.0. The van der Waals surface area contributed by atoms with Gasteiger partial charge in [-0.3, -0.25) is 9.55 Å². The Morgan fingerprint density at radius 2 is 1.33 bits per heavy atom. The van der Waals surface area contributed by atoms with Crippen LogP contribution in [0.1, 0.15) is 173 Å². The molecule has 5 heteroatoms. The molecule has 8 rings (SSSR count). The van der Waals surface area contributed by atoms with E-state index in [1.807, 2.05) is 20.8 Å². The molecule has 8 aromatic rings. The van der Waals surface area contributed by atoms with E-state index < -0.39 is 140 Å². The smallest absolute Gasteiger partial charge is 0.148 e. The second-order valence-electron chi connectivity index (χ2n) is 17.8. The summed E-state index contributed by atoms with van der Waals surface area (Å²) in [5, 5.41) is 13.1. The normalized spacial score (nSPS) is 20.2. The Morgan fingerprint density at radius 1 is 0.667 bits per heavy atom. The zero-order chi connectivity index (χ0) is 70.4. The summed E-state index contributed by atoms with van der Waals surface area (Å²) in [4.78, 5) is 9.59. The van der Waals surface area contributed by atoms with Gasteiger partial charge in [0.1, 0.15) is 11.6 Å². The van der Waals surface area contributed by atoms with Crippen LogP contribution in [0.15, 0.2) is 127 Å². The van der Waals surface area contributed by atoms with E-state index in [2.05, 4.69) is 11.1 Å². The topological polar surface area (TPSA) is 50.9 Å². The quantitative estimate of drug-likeness (QED) is 0.154. The molecular weight excluding hydrogens is 986 g/mol. The summed E-state index contributed by atoms with van der Waals surface area (Å²) in [6.45, 7) is -16.5. The second-order valence-corrected chi connectivity index (χ2v) is 17.8. The van der Waals surface area contributed by atoms with Crippen molar-refractivity contribution in [2.45, 2.75) is 124 Å². The molecule has 0 saturated carbocycles. The van der Waals surface area contributed by atoms with Crippen molar-refractivity contribution in [1.29, 1.82) is 0 Å². The van der Waals surface area contributed by atoms with Crippen LogP contribution in [0.3, 0.4) is 0 Å². The van der Waals surface area contributed by atoms with E-state index in [4.69, 9.17) is 39.3 Å². The number of benzene rings is 6. The van der Waals surface area contributed by atoms with E-state index in [1.165, 1.54) is 54.7 Å². The molecule has 4 nitrogen and oxygen atoms in total. The van der Waals surface area contributed by atoms with Crippen molar-refractivity contribution >= 4 is 11.0 Å². The number of aromatic hydroxyl groups is 1. The Morgan fingerprint density at radius 3 is 1.98 bits per heavy atom. The fraction of sp³-hybridized carbons (Fsp3) is 0.311. The molecule has 66 heavy (non-hydrogen) atoms. The molecular formula is C61H66N3OPt-. The van der Waals surface area contributed by atoms with E-state index in [-0.39, 0.29) is 82.9 Å². The minimum Gasteiger partial charge on any atom is -0.507 e. The van der Waals surface area contributed by atoms with Crippen LogP contribution >= 0.6 is 0 Å². The maximum atomic E-state index is 13.1. The Labute approximate surface area is 448 Å². The van der Waals surface area contributed by atoms with Crippen molar-refractivity contribution < 1.29 is 64.6 Å². The molecule has 0 radical (unpaired) electrons. The van der Waals surface area contributed by atoms with Gasteiger partial charge in [-0.15, -0.1) is 29.3 Å². The molecule has 6 aromatic carbocycles. The van der Waals surface area contributed by atoms with Gasteiger partial charge in [0.25, 0.3) is 0 Å². The SMILES string of the molecule is [2H]c1c([2H])c([2H])c(-c2ccnc(-c3[c-]c(-c4cccc5c4nc(-c4cc(C(C([2H])([2H])[2H])(C([2H])([2H])[2H])C([2H])([2H])[2H])cc(C(C([2H])([2H])[2H])(C([2H])([2H])[2H])C([2H])([2H])[2H])c4O)n5-c4ccc(-c5cc(C([2H])(C)C)cc(C([2H])(C)C)c5)cc4C([2H])([2H])[2H])cc(C(C)(C)C)c3)c2)c([2H])c1[2H].[Pt]. The van der Waals surface area contributed by atoms with Crippen LogP contribution in [0.5, 0.6) is 5.75 Å². The third-order valence-electron chi connectivity index (χ3n) is 11.4. The number of phenols is 1. The van der Waals surface area contributed by atoms with E-state index in [0.717, 1.165) is 4.57 Å². The number of aromatic nitrogens is 3. The van der Waals surface area contributed by atoms with Gasteiger partial charge in [-0.05, 0) is 110 Å². The van der Waals surface area contributed by atoms with Crippen LogP contribution in [-0.4, -0.2) is 19.6 Å². The average Bonchev–Trinajstić information content (AvgIpc) is 0.798. The Balaban J connectivity index is 0.0000125. The first-order valence-electron chi connectivity index (χ1n) is 34.8. The summed E-state index contributed by atoms with van der Waals surface area (Å²) < 4.78 is 247. The molecule has 0 bridgehead atoms. The van der Waals surface area contributed by atoms with Crippen LogP contribution in [0.25, 0.3) is 72.7 Å². The average molecular weight is 1080 g/mol. The monoisotopic (exact) mass is 1080 g/mol. The Kier molecular flexibility index (Phi) is 6.62. The Bertz CT molecular complexity index is 4130. The number of hydrogen-bond acceptors (Lipinski definition) is 3. The van der Waals surface area contributed by atoms with Gasteiger partial charge >= 0.3 is 0 Å². The molecule has 0 aliphatic heterocycles. The zero-order valence-electron chi connectivity index (χ0n) is 65.3. The molecule has 0 fully saturated rings. The van der Waals surface area contributed by atoms with Gasteiger partial charge in [-0.1, -0.05) is 179 Å². The van der Waals surface area contributed by atoms with Crippen molar-refractivity contribution in [1.82, 2.24) is 14.5 Å². The van der Waals surface area contributed by atoms with Crippen LogP contribution in [0.2, 0.25) is 0 Å². The van der Waals surface area contributed by atoms with Gasteiger partial charge < -0.3 is 5.11 Å². The number of para-hydroxylation sites is 1. The van der Waals surface area contributed by atoms with Crippen molar-refractivity contribution in [2.75, 3.05) is 0 Å². The number of fused-ring (bicyclic) bond motifs is 1. The summed E-state index contributed by atoms with van der Waals surface area (Å²) in [5.41, 5.74) is -11.6. The molecule has 0 unspecified atom stereocenters. The predicted octanol–water partition coefficient (Wildman–Crippen LogP) is 16.7. The van der Waals surface area contributed by atoms with Crippen molar-refractivity contribution in [3.63, 3.8) is 0 Å². The minimum atomic E-state index is -4.32. The van der Waals surface area contributed by atoms with Gasteiger partial charge in [0, 0.05) is 70.0 Å². The summed E-state index contributed by atoms with van der Waals surface area (Å²) in [7, 11) is 0. The Hall–Kier alpha value is -5.57. The van der Waals surface area contributed by atoms with E-state index >= 15 is 0 Å². The number of phenolic OH excluding ortho intramolecular Hbond substituents is 1. The number of hydrogen-bond donors (Lipinski definition) is 1. The molecule has 342 valence electrons. The fourth-order valence-corrected chi connectivity index (χ4v) is 7.74. The van der Waals surface area contributed by atoms with E-state index in [1.54, 1.807) is 58.0 Å². The number of imidazole rings is 1. The third kappa shape index (κ3) is 9.63. The van der Waals surface area contributed by atoms with E-state index in [9.17, 15) is 9.22 Å². The van der Waals surface area contributed by atoms with Crippen LogP contribution < -0.4 is 0 Å². The molecule has 0 amide bonds. The van der Waals surface area contributed by atoms with Gasteiger partial charge in [0.15, 0.2) is 0 Å². The summed E-state index contributed by atoms with van der Waals surface area (Å²) in [6, 6.07) is 21.1. The molecule has 2 aromatic heterocycles. The van der Waals surface area contributed by atoms with Crippen LogP contribution in [0, 0.1) is 12.9 Å². The third-order valence-corrected chi connectivity index (χ3v) is 11.4. The summed E-state index contributed by atoms with van der Waals surface area (Å²) in [5.74, 6) is -4.85. The van der Waals surface area contributed by atoms with Crippen molar-refractivity contribution in [3.05, 3.63) is 167 Å². The molecule has 2 heterocycles. The molecule has 0 saturated heterocycles. The standard InChI is InChI=1S/C61H66N3O.Pt/c1-37(2)43-28-44(38(3)4)30-45(29-43)41-23-24-54(39(5)27-41)64-55-22-18-21-50(56(55)63-58(64)51-35-49(60(9,10)11)36-52(57(51)65)61(12,13)14)46-31-47(33-48(32-46)59(6,7)8)53-34-42(25-26-62-53)40-19-16-15-17-20-40;/h15-30,32-38,65H,1-14H3;/q-1;/i5D3,9D3,10D3,11D3,12D3,13D3,14D3,15D,16D,17D,19D,20D,37D,38D;. The first kappa shape index (κ1) is 23.9. The predicted molar refractivity (Wildman–Crippen MR) is 276 cm³/mol. The fourth-order valence-electron chi connectivity index (χ4n) is 7.74. The molecule has 1 N–H and O–H groups in total. The second kappa shape index (κ2) is 18.3. The van der Waals surface area contributed by atoms with E-state index in [0.29, 0.717) is 28.3 Å². The van der Waals surface area contributed by atoms with Crippen molar-refractivity contribution in [3.8, 4) is 67.5 Å².